The van der Waals surface area contributed by atoms with Crippen molar-refractivity contribution in [3.05, 3.63) is 59.9 Å². The first-order valence-corrected chi connectivity index (χ1v) is 8.62. The molecule has 1 saturated carbocycles. The van der Waals surface area contributed by atoms with Crippen LogP contribution in [0.15, 0.2) is 48.5 Å². The Kier molecular flexibility index (Phi) is 3.96. The molecule has 1 amide bonds. The summed E-state index contributed by atoms with van der Waals surface area (Å²) in [5, 5.41) is 3.44. The number of nitrogens with one attached hydrogen (secondary N) is 1. The summed E-state index contributed by atoms with van der Waals surface area (Å²) < 4.78 is 19.6. The summed E-state index contributed by atoms with van der Waals surface area (Å²) in [6.07, 6.45) is 2.41. The molecule has 1 saturated heterocycles. The largest absolute Gasteiger partial charge is 0.495 e. The third-order valence-electron chi connectivity index (χ3n) is 5.17. The number of para-hydroxylation sites is 2. The van der Waals surface area contributed by atoms with Crippen molar-refractivity contribution in [2.75, 3.05) is 18.6 Å². The molecule has 130 valence electrons. The van der Waals surface area contributed by atoms with Crippen molar-refractivity contribution < 1.29 is 13.9 Å². The minimum Gasteiger partial charge on any atom is -0.495 e. The highest BCUT2D eigenvalue weighted by Gasteiger charge is 2.49. The standard InChI is InChI=1S/C20H21FN2O2/c1-25-18-9-5-4-8-17(18)23-13-10-16(19(23)24)22-20(11-12-20)14-6-2-3-7-15(14)21/h2-9,16,22H,10-13H2,1H3. The zero-order valence-corrected chi connectivity index (χ0v) is 14.2. The maximum atomic E-state index is 14.2. The van der Waals surface area contributed by atoms with Gasteiger partial charge < -0.3 is 9.64 Å². The maximum absolute atomic E-state index is 14.2. The van der Waals surface area contributed by atoms with E-state index >= 15 is 0 Å². The van der Waals surface area contributed by atoms with Crippen LogP contribution in [-0.4, -0.2) is 25.6 Å². The van der Waals surface area contributed by atoms with Crippen LogP contribution in [0.3, 0.4) is 0 Å². The molecular weight excluding hydrogens is 319 g/mol. The first kappa shape index (κ1) is 16.1. The molecule has 0 bridgehead atoms. The summed E-state index contributed by atoms with van der Waals surface area (Å²) in [4.78, 5) is 14.7. The number of rotatable bonds is 5. The molecule has 0 aromatic heterocycles. The van der Waals surface area contributed by atoms with Gasteiger partial charge in [-0.3, -0.25) is 10.1 Å². The number of methoxy groups -OCH3 is 1. The van der Waals surface area contributed by atoms with Gasteiger partial charge in [0.05, 0.1) is 18.8 Å². The summed E-state index contributed by atoms with van der Waals surface area (Å²) in [5.41, 5.74) is 1.05. The number of amides is 1. The normalized spacial score (nSPS) is 21.4. The van der Waals surface area contributed by atoms with E-state index in [1.165, 1.54) is 6.07 Å². The van der Waals surface area contributed by atoms with Crippen molar-refractivity contribution in [2.45, 2.75) is 30.8 Å². The van der Waals surface area contributed by atoms with E-state index in [1.807, 2.05) is 36.4 Å². The molecule has 1 unspecified atom stereocenters. The molecule has 2 aromatic rings. The van der Waals surface area contributed by atoms with E-state index in [2.05, 4.69) is 5.32 Å². The zero-order valence-electron chi connectivity index (χ0n) is 14.2. The Bertz CT molecular complexity index is 804. The van der Waals surface area contributed by atoms with Crippen LogP contribution in [0, 0.1) is 5.82 Å². The fourth-order valence-electron chi connectivity index (χ4n) is 3.71. The van der Waals surface area contributed by atoms with Crippen LogP contribution in [0.5, 0.6) is 5.75 Å². The molecule has 4 nitrogen and oxygen atoms in total. The topological polar surface area (TPSA) is 41.6 Å². The third-order valence-corrected chi connectivity index (χ3v) is 5.17. The van der Waals surface area contributed by atoms with Gasteiger partial charge in [0.15, 0.2) is 0 Å². The summed E-state index contributed by atoms with van der Waals surface area (Å²) >= 11 is 0. The number of nitrogens with zero attached hydrogens (tertiary/aromatic N) is 1. The monoisotopic (exact) mass is 340 g/mol. The number of hydrogen-bond donors (Lipinski definition) is 1. The Balaban J connectivity index is 1.54. The summed E-state index contributed by atoms with van der Waals surface area (Å²) in [6, 6.07) is 14.1. The van der Waals surface area contributed by atoms with Crippen molar-refractivity contribution in [2.24, 2.45) is 0 Å². The van der Waals surface area contributed by atoms with Crippen LogP contribution >= 0.6 is 0 Å². The molecular formula is C20H21FN2O2. The summed E-state index contributed by atoms with van der Waals surface area (Å²) in [7, 11) is 1.60. The highest BCUT2D eigenvalue weighted by Crippen LogP contribution is 2.47. The molecule has 2 aromatic carbocycles. The van der Waals surface area contributed by atoms with Gasteiger partial charge in [0, 0.05) is 17.6 Å². The molecule has 2 aliphatic rings. The van der Waals surface area contributed by atoms with Gasteiger partial charge in [-0.25, -0.2) is 4.39 Å². The molecule has 5 heteroatoms. The van der Waals surface area contributed by atoms with Gasteiger partial charge in [0.1, 0.15) is 11.6 Å². The van der Waals surface area contributed by atoms with Crippen LogP contribution in [0.4, 0.5) is 10.1 Å². The van der Waals surface area contributed by atoms with Crippen molar-refractivity contribution in [3.63, 3.8) is 0 Å². The molecule has 25 heavy (non-hydrogen) atoms. The smallest absolute Gasteiger partial charge is 0.244 e. The second-order valence-corrected chi connectivity index (χ2v) is 6.71. The van der Waals surface area contributed by atoms with E-state index in [0.29, 0.717) is 24.3 Å². The van der Waals surface area contributed by atoms with Crippen molar-refractivity contribution in [3.8, 4) is 5.75 Å². The number of carbonyl (C=O) groups excluding carboxylic acids is 1. The summed E-state index contributed by atoms with van der Waals surface area (Å²) in [5.74, 6) is 0.499. The number of carbonyl (C=O) groups is 1. The maximum Gasteiger partial charge on any atom is 0.244 e. The second-order valence-electron chi connectivity index (χ2n) is 6.71. The Morgan fingerprint density at radius 1 is 1.16 bits per heavy atom. The van der Waals surface area contributed by atoms with Crippen LogP contribution in [0.2, 0.25) is 0 Å². The van der Waals surface area contributed by atoms with E-state index in [4.69, 9.17) is 4.74 Å². The van der Waals surface area contributed by atoms with Gasteiger partial charge in [0.25, 0.3) is 0 Å². The van der Waals surface area contributed by atoms with Gasteiger partial charge in [-0.05, 0) is 37.5 Å². The lowest BCUT2D eigenvalue weighted by Gasteiger charge is -2.24. The Morgan fingerprint density at radius 2 is 1.88 bits per heavy atom. The van der Waals surface area contributed by atoms with Crippen LogP contribution in [0.25, 0.3) is 0 Å². The van der Waals surface area contributed by atoms with Crippen LogP contribution < -0.4 is 15.0 Å². The number of halogens is 1. The molecule has 1 atom stereocenters. The molecule has 1 N–H and O–H groups in total. The Morgan fingerprint density at radius 3 is 2.60 bits per heavy atom. The van der Waals surface area contributed by atoms with Gasteiger partial charge >= 0.3 is 0 Å². The predicted molar refractivity (Wildman–Crippen MR) is 94.2 cm³/mol. The minimum absolute atomic E-state index is 0.0205. The van der Waals surface area contributed by atoms with Gasteiger partial charge in [-0.15, -0.1) is 0 Å². The average molecular weight is 340 g/mol. The van der Waals surface area contributed by atoms with E-state index in [0.717, 1.165) is 18.5 Å². The van der Waals surface area contributed by atoms with Gasteiger partial charge in [-0.2, -0.15) is 0 Å². The molecule has 4 rings (SSSR count). The average Bonchev–Trinajstić information content (AvgIpc) is 3.33. The third kappa shape index (κ3) is 2.78. The fraction of sp³-hybridized carbons (Fsp3) is 0.350. The number of ether oxygens (including phenoxy) is 1. The van der Waals surface area contributed by atoms with Crippen molar-refractivity contribution in [1.29, 1.82) is 0 Å². The van der Waals surface area contributed by atoms with Crippen LogP contribution in [0.1, 0.15) is 24.8 Å². The molecule has 0 radical (unpaired) electrons. The fourth-order valence-corrected chi connectivity index (χ4v) is 3.71. The quantitative estimate of drug-likeness (QED) is 0.909. The zero-order chi connectivity index (χ0) is 17.4. The number of anilines is 1. The minimum atomic E-state index is -0.400. The van der Waals surface area contributed by atoms with Crippen LogP contribution in [-0.2, 0) is 10.3 Å². The van der Waals surface area contributed by atoms with E-state index in [9.17, 15) is 9.18 Å². The van der Waals surface area contributed by atoms with Gasteiger partial charge in [0.2, 0.25) is 5.91 Å². The van der Waals surface area contributed by atoms with Gasteiger partial charge in [-0.1, -0.05) is 30.3 Å². The molecule has 1 aliphatic heterocycles. The van der Waals surface area contributed by atoms with E-state index < -0.39 is 5.54 Å². The lowest BCUT2D eigenvalue weighted by molar-refractivity contribution is -0.119. The lowest BCUT2D eigenvalue weighted by atomic mass is 10.0. The van der Waals surface area contributed by atoms with E-state index in [-0.39, 0.29) is 17.8 Å². The number of hydrogen-bond acceptors (Lipinski definition) is 3. The van der Waals surface area contributed by atoms with Crippen molar-refractivity contribution >= 4 is 11.6 Å². The predicted octanol–water partition coefficient (Wildman–Crippen LogP) is 3.22. The molecule has 0 spiro atoms. The Hall–Kier alpha value is -2.40. The lowest BCUT2D eigenvalue weighted by Crippen LogP contribution is -2.44. The number of benzene rings is 2. The first-order chi connectivity index (χ1) is 12.1. The SMILES string of the molecule is COc1ccccc1N1CCC(NC2(c3ccccc3F)CC2)C1=O. The molecule has 1 aliphatic carbocycles. The van der Waals surface area contributed by atoms with Crippen molar-refractivity contribution in [1.82, 2.24) is 5.32 Å². The highest BCUT2D eigenvalue weighted by molar-refractivity contribution is 6.00. The molecule has 1 heterocycles. The molecule has 2 fully saturated rings. The summed E-state index contributed by atoms with van der Waals surface area (Å²) in [6.45, 7) is 0.629. The first-order valence-electron chi connectivity index (χ1n) is 8.62. The highest BCUT2D eigenvalue weighted by atomic mass is 19.1. The van der Waals surface area contributed by atoms with E-state index in [1.54, 1.807) is 18.1 Å². The Labute approximate surface area is 146 Å². The second kappa shape index (κ2) is 6.15.